The standard InChI is InChI=1S/C13H17Cl2NO3S/c1-8-6-10(14)9(2)12(11(8)15)20(18,19)16-5-4-13(3,17)7-16/h6,17H,4-5,7H2,1-3H3. The minimum Gasteiger partial charge on any atom is -0.389 e. The molecule has 1 aromatic rings. The molecule has 0 saturated carbocycles. The van der Waals surface area contributed by atoms with Crippen molar-refractivity contribution < 1.29 is 13.5 Å². The Hall–Kier alpha value is -0.330. The zero-order valence-electron chi connectivity index (χ0n) is 11.6. The van der Waals surface area contributed by atoms with Crippen LogP contribution in [0.2, 0.25) is 10.0 Å². The minimum absolute atomic E-state index is 0.0434. The third kappa shape index (κ3) is 2.70. The highest BCUT2D eigenvalue weighted by Gasteiger charge is 2.40. The van der Waals surface area contributed by atoms with E-state index in [-0.39, 0.29) is 23.0 Å². The fraction of sp³-hybridized carbons (Fsp3) is 0.538. The lowest BCUT2D eigenvalue weighted by molar-refractivity contribution is 0.0762. The number of hydrogen-bond acceptors (Lipinski definition) is 3. The van der Waals surface area contributed by atoms with Gasteiger partial charge < -0.3 is 5.11 Å². The van der Waals surface area contributed by atoms with Gasteiger partial charge in [-0.25, -0.2) is 8.42 Å². The second kappa shape index (κ2) is 5.14. The Morgan fingerprint density at radius 3 is 2.45 bits per heavy atom. The van der Waals surface area contributed by atoms with Crippen molar-refractivity contribution in [1.29, 1.82) is 0 Å². The van der Waals surface area contributed by atoms with E-state index in [0.29, 0.717) is 22.6 Å². The molecule has 1 fully saturated rings. The zero-order valence-corrected chi connectivity index (χ0v) is 13.9. The number of hydrogen-bond donors (Lipinski definition) is 1. The molecular formula is C13H17Cl2NO3S. The lowest BCUT2D eigenvalue weighted by Crippen LogP contribution is -2.34. The summed E-state index contributed by atoms with van der Waals surface area (Å²) in [6, 6.07) is 1.65. The van der Waals surface area contributed by atoms with Crippen molar-refractivity contribution >= 4 is 33.2 Å². The summed E-state index contributed by atoms with van der Waals surface area (Å²) in [5, 5.41) is 10.5. The Bertz CT molecular complexity index is 630. The van der Waals surface area contributed by atoms with E-state index < -0.39 is 15.6 Å². The van der Waals surface area contributed by atoms with Gasteiger partial charge >= 0.3 is 0 Å². The van der Waals surface area contributed by atoms with Crippen molar-refractivity contribution in [2.75, 3.05) is 13.1 Å². The Morgan fingerprint density at radius 1 is 1.35 bits per heavy atom. The molecule has 1 aliphatic rings. The van der Waals surface area contributed by atoms with Crippen LogP contribution in [0.3, 0.4) is 0 Å². The third-order valence-electron chi connectivity index (χ3n) is 3.60. The summed E-state index contributed by atoms with van der Waals surface area (Å²) in [7, 11) is -3.76. The molecule has 2 rings (SSSR count). The number of halogens is 2. The summed E-state index contributed by atoms with van der Waals surface area (Å²) in [4.78, 5) is 0.0434. The third-order valence-corrected chi connectivity index (χ3v) is 6.61. The summed E-state index contributed by atoms with van der Waals surface area (Å²) in [5.41, 5.74) is 0.0572. The van der Waals surface area contributed by atoms with Crippen molar-refractivity contribution in [3.05, 3.63) is 27.2 Å². The van der Waals surface area contributed by atoms with Crippen LogP contribution in [0.5, 0.6) is 0 Å². The molecule has 0 spiro atoms. The fourth-order valence-corrected chi connectivity index (χ4v) is 5.08. The molecule has 1 aromatic carbocycles. The van der Waals surface area contributed by atoms with Crippen LogP contribution in [0.1, 0.15) is 24.5 Å². The van der Waals surface area contributed by atoms with Gasteiger partial charge in [0.1, 0.15) is 4.90 Å². The number of aryl methyl sites for hydroxylation is 1. The predicted molar refractivity (Wildman–Crippen MR) is 79.9 cm³/mol. The van der Waals surface area contributed by atoms with E-state index in [0.717, 1.165) is 0 Å². The second-order valence-corrected chi connectivity index (χ2v) is 8.19. The van der Waals surface area contributed by atoms with Crippen LogP contribution in [-0.2, 0) is 10.0 Å². The van der Waals surface area contributed by atoms with Crippen molar-refractivity contribution in [3.63, 3.8) is 0 Å². The molecule has 7 heteroatoms. The van der Waals surface area contributed by atoms with Crippen molar-refractivity contribution in [3.8, 4) is 0 Å². The smallest absolute Gasteiger partial charge is 0.244 e. The van der Waals surface area contributed by atoms with Gasteiger partial charge in [-0.1, -0.05) is 23.2 Å². The molecule has 1 unspecified atom stereocenters. The van der Waals surface area contributed by atoms with Gasteiger partial charge in [0.15, 0.2) is 0 Å². The summed E-state index contributed by atoms with van der Waals surface area (Å²) in [6.45, 7) is 5.31. The van der Waals surface area contributed by atoms with Crippen LogP contribution in [0.25, 0.3) is 0 Å². The van der Waals surface area contributed by atoms with E-state index in [9.17, 15) is 13.5 Å². The van der Waals surface area contributed by atoms with Crippen LogP contribution in [0, 0.1) is 13.8 Å². The molecule has 4 nitrogen and oxygen atoms in total. The van der Waals surface area contributed by atoms with Gasteiger partial charge in [-0.15, -0.1) is 0 Å². The van der Waals surface area contributed by atoms with Crippen LogP contribution >= 0.6 is 23.2 Å². The van der Waals surface area contributed by atoms with Crippen LogP contribution in [-0.4, -0.2) is 36.5 Å². The van der Waals surface area contributed by atoms with E-state index in [1.165, 1.54) is 4.31 Å². The predicted octanol–water partition coefficient (Wildman–Crippen LogP) is 2.76. The highest BCUT2D eigenvalue weighted by atomic mass is 35.5. The monoisotopic (exact) mass is 337 g/mol. The summed E-state index contributed by atoms with van der Waals surface area (Å²) < 4.78 is 26.7. The molecule has 1 saturated heterocycles. The van der Waals surface area contributed by atoms with Gasteiger partial charge in [0.2, 0.25) is 10.0 Å². The molecule has 1 aliphatic heterocycles. The molecule has 0 bridgehead atoms. The largest absolute Gasteiger partial charge is 0.389 e. The van der Waals surface area contributed by atoms with Crippen molar-refractivity contribution in [1.82, 2.24) is 4.31 Å². The summed E-state index contributed by atoms with van der Waals surface area (Å²) in [6.07, 6.45) is 0.405. The number of rotatable bonds is 2. The molecule has 20 heavy (non-hydrogen) atoms. The van der Waals surface area contributed by atoms with E-state index in [1.807, 2.05) is 0 Å². The summed E-state index contributed by atoms with van der Waals surface area (Å²) >= 11 is 12.2. The maximum atomic E-state index is 12.7. The first kappa shape index (κ1) is 16.0. The quantitative estimate of drug-likeness (QED) is 0.902. The van der Waals surface area contributed by atoms with Crippen LogP contribution < -0.4 is 0 Å². The van der Waals surface area contributed by atoms with E-state index in [1.54, 1.807) is 26.8 Å². The molecule has 1 N–H and O–H groups in total. The van der Waals surface area contributed by atoms with Gasteiger partial charge in [0.25, 0.3) is 0 Å². The number of benzene rings is 1. The first-order valence-corrected chi connectivity index (χ1v) is 8.43. The summed E-state index contributed by atoms with van der Waals surface area (Å²) in [5.74, 6) is 0. The average molecular weight is 338 g/mol. The highest BCUT2D eigenvalue weighted by molar-refractivity contribution is 7.89. The normalized spacial score (nSPS) is 24.3. The number of sulfonamides is 1. The van der Waals surface area contributed by atoms with E-state index in [2.05, 4.69) is 0 Å². The van der Waals surface area contributed by atoms with E-state index in [4.69, 9.17) is 23.2 Å². The van der Waals surface area contributed by atoms with Gasteiger partial charge in [-0.3, -0.25) is 0 Å². The maximum Gasteiger partial charge on any atom is 0.244 e. The Balaban J connectivity index is 2.57. The maximum absolute atomic E-state index is 12.7. The van der Waals surface area contributed by atoms with E-state index >= 15 is 0 Å². The van der Waals surface area contributed by atoms with Gasteiger partial charge in [0.05, 0.1) is 10.6 Å². The highest BCUT2D eigenvalue weighted by Crippen LogP contribution is 2.37. The molecule has 1 atom stereocenters. The molecule has 112 valence electrons. The van der Waals surface area contributed by atoms with Crippen molar-refractivity contribution in [2.24, 2.45) is 0 Å². The van der Waals surface area contributed by atoms with Crippen molar-refractivity contribution in [2.45, 2.75) is 37.7 Å². The minimum atomic E-state index is -3.76. The van der Waals surface area contributed by atoms with Gasteiger partial charge in [-0.2, -0.15) is 4.31 Å². The zero-order chi connectivity index (χ0) is 15.3. The number of β-amino-alcohol motifs (C(OH)–C–C–N with tert-alkyl or cyclic N) is 1. The lowest BCUT2D eigenvalue weighted by Gasteiger charge is -2.21. The first-order valence-electron chi connectivity index (χ1n) is 6.24. The molecule has 0 aliphatic carbocycles. The molecular weight excluding hydrogens is 321 g/mol. The Morgan fingerprint density at radius 2 is 1.95 bits per heavy atom. The Kier molecular flexibility index (Phi) is 4.13. The Labute approximate surface area is 129 Å². The molecule has 0 radical (unpaired) electrons. The van der Waals surface area contributed by atoms with Gasteiger partial charge in [-0.05, 0) is 44.4 Å². The second-order valence-electron chi connectivity index (χ2n) is 5.53. The average Bonchev–Trinajstić information content (AvgIpc) is 2.68. The lowest BCUT2D eigenvalue weighted by atomic mass is 10.1. The van der Waals surface area contributed by atoms with Gasteiger partial charge in [0, 0.05) is 18.1 Å². The SMILES string of the molecule is Cc1cc(Cl)c(C)c(S(=O)(=O)N2CCC(C)(O)C2)c1Cl. The number of aliphatic hydroxyl groups is 1. The van der Waals surface area contributed by atoms with Crippen LogP contribution in [0.4, 0.5) is 0 Å². The molecule has 0 aromatic heterocycles. The topological polar surface area (TPSA) is 57.6 Å². The molecule has 0 amide bonds. The fourth-order valence-electron chi connectivity index (χ4n) is 2.36. The molecule has 1 heterocycles. The first-order chi connectivity index (χ1) is 9.06. The van der Waals surface area contributed by atoms with Crippen LogP contribution in [0.15, 0.2) is 11.0 Å². The number of nitrogens with zero attached hydrogens (tertiary/aromatic N) is 1.